The van der Waals surface area contributed by atoms with E-state index in [0.717, 1.165) is 12.8 Å². The van der Waals surface area contributed by atoms with Gasteiger partial charge in [0.2, 0.25) is 0 Å². The summed E-state index contributed by atoms with van der Waals surface area (Å²) >= 11 is 0. The molecule has 3 heteroatoms. The predicted octanol–water partition coefficient (Wildman–Crippen LogP) is 1.34. The van der Waals surface area contributed by atoms with Crippen LogP contribution >= 0.6 is 0 Å². The van der Waals surface area contributed by atoms with Gasteiger partial charge in [0.15, 0.2) is 0 Å². The predicted molar refractivity (Wildman–Crippen MR) is 49.1 cm³/mol. The van der Waals surface area contributed by atoms with Gasteiger partial charge in [-0.05, 0) is 19.3 Å². The number of rotatable bonds is 3. The Balaban J connectivity index is 2.53. The molecule has 1 heterocycles. The second-order valence-electron chi connectivity index (χ2n) is 3.99. The highest BCUT2D eigenvalue weighted by molar-refractivity contribution is 5.75. The van der Waals surface area contributed by atoms with Gasteiger partial charge in [0, 0.05) is 0 Å². The number of hydrogen-bond acceptors (Lipinski definition) is 3. The fourth-order valence-electron chi connectivity index (χ4n) is 1.64. The number of esters is 1. The van der Waals surface area contributed by atoms with Crippen molar-refractivity contribution in [1.82, 2.24) is 0 Å². The first kappa shape index (κ1) is 10.5. The standard InChI is InChI=1S/C10H18O3/c1-4-6(2)5-8-9(11)7(3)13-10(8)12/h6-9,11H,4-5H2,1-3H3/t6-,7-,8+,9-/m0/s1. The molecule has 0 radical (unpaired) electrons. The molecule has 1 aliphatic heterocycles. The van der Waals surface area contributed by atoms with Crippen molar-refractivity contribution < 1.29 is 14.6 Å². The summed E-state index contributed by atoms with van der Waals surface area (Å²) < 4.78 is 4.94. The Morgan fingerprint density at radius 1 is 1.62 bits per heavy atom. The SMILES string of the molecule is CC[C@H](C)C[C@H]1C(=O)O[C@@H](C)[C@@H]1O. The van der Waals surface area contributed by atoms with Crippen LogP contribution in [-0.4, -0.2) is 23.3 Å². The van der Waals surface area contributed by atoms with Crippen molar-refractivity contribution in [2.75, 3.05) is 0 Å². The summed E-state index contributed by atoms with van der Waals surface area (Å²) in [5.41, 5.74) is 0. The van der Waals surface area contributed by atoms with E-state index in [1.54, 1.807) is 6.92 Å². The second-order valence-corrected chi connectivity index (χ2v) is 3.99. The van der Waals surface area contributed by atoms with Gasteiger partial charge in [-0.3, -0.25) is 4.79 Å². The van der Waals surface area contributed by atoms with Crippen molar-refractivity contribution in [2.24, 2.45) is 11.8 Å². The Labute approximate surface area is 79.1 Å². The average Bonchev–Trinajstić information content (AvgIpc) is 2.32. The summed E-state index contributed by atoms with van der Waals surface area (Å²) in [7, 11) is 0. The summed E-state index contributed by atoms with van der Waals surface area (Å²) in [6.45, 7) is 5.91. The van der Waals surface area contributed by atoms with Crippen LogP contribution in [0.4, 0.5) is 0 Å². The molecule has 0 aromatic rings. The molecule has 0 aliphatic carbocycles. The van der Waals surface area contributed by atoms with Crippen LogP contribution in [0.1, 0.15) is 33.6 Å². The third-order valence-electron chi connectivity index (χ3n) is 2.85. The Hall–Kier alpha value is -0.570. The molecule has 0 amide bonds. The molecule has 0 aromatic heterocycles. The van der Waals surface area contributed by atoms with Crippen molar-refractivity contribution in [3.8, 4) is 0 Å². The maximum absolute atomic E-state index is 11.3. The number of carbonyl (C=O) groups is 1. The Bertz CT molecular complexity index is 191. The maximum Gasteiger partial charge on any atom is 0.312 e. The van der Waals surface area contributed by atoms with Gasteiger partial charge >= 0.3 is 5.97 Å². The lowest BCUT2D eigenvalue weighted by molar-refractivity contribution is -0.144. The molecular weight excluding hydrogens is 168 g/mol. The monoisotopic (exact) mass is 186 g/mol. The highest BCUT2D eigenvalue weighted by Gasteiger charge is 2.41. The van der Waals surface area contributed by atoms with Crippen LogP contribution in [0, 0.1) is 11.8 Å². The summed E-state index contributed by atoms with van der Waals surface area (Å²) in [5.74, 6) is -0.0669. The molecule has 1 saturated heterocycles. The van der Waals surface area contributed by atoms with Crippen LogP contribution < -0.4 is 0 Å². The topological polar surface area (TPSA) is 46.5 Å². The van der Waals surface area contributed by atoms with E-state index in [-0.39, 0.29) is 18.0 Å². The van der Waals surface area contributed by atoms with Gasteiger partial charge in [-0.15, -0.1) is 0 Å². The first-order valence-corrected chi connectivity index (χ1v) is 4.94. The lowest BCUT2D eigenvalue weighted by atomic mass is 9.90. The van der Waals surface area contributed by atoms with E-state index < -0.39 is 6.10 Å². The molecule has 4 atom stereocenters. The molecule has 0 spiro atoms. The summed E-state index contributed by atoms with van der Waals surface area (Å²) in [6, 6.07) is 0. The van der Waals surface area contributed by atoms with Crippen molar-refractivity contribution in [2.45, 2.75) is 45.8 Å². The lowest BCUT2D eigenvalue weighted by Crippen LogP contribution is -2.26. The molecule has 0 aromatic carbocycles. The van der Waals surface area contributed by atoms with Crippen LogP contribution in [0.5, 0.6) is 0 Å². The number of aliphatic hydroxyl groups excluding tert-OH is 1. The largest absolute Gasteiger partial charge is 0.460 e. The fourth-order valence-corrected chi connectivity index (χ4v) is 1.64. The van der Waals surface area contributed by atoms with E-state index in [9.17, 15) is 9.90 Å². The van der Waals surface area contributed by atoms with E-state index in [1.807, 2.05) is 0 Å². The minimum absolute atomic E-state index is 0.236. The Morgan fingerprint density at radius 2 is 2.23 bits per heavy atom. The van der Waals surface area contributed by atoms with Gasteiger partial charge in [0.1, 0.15) is 12.2 Å². The average molecular weight is 186 g/mol. The van der Waals surface area contributed by atoms with E-state index in [0.29, 0.717) is 5.92 Å². The smallest absolute Gasteiger partial charge is 0.312 e. The zero-order chi connectivity index (χ0) is 10.0. The minimum atomic E-state index is -0.610. The molecular formula is C10H18O3. The molecule has 0 bridgehead atoms. The van der Waals surface area contributed by atoms with Crippen molar-refractivity contribution in [3.05, 3.63) is 0 Å². The summed E-state index contributed by atoms with van der Waals surface area (Å²) in [6.07, 6.45) is 0.828. The second kappa shape index (κ2) is 4.09. The van der Waals surface area contributed by atoms with Gasteiger partial charge in [-0.25, -0.2) is 0 Å². The first-order valence-electron chi connectivity index (χ1n) is 4.94. The maximum atomic E-state index is 11.3. The normalized spacial score (nSPS) is 36.0. The lowest BCUT2D eigenvalue weighted by Gasteiger charge is -2.15. The molecule has 1 aliphatic rings. The zero-order valence-electron chi connectivity index (χ0n) is 8.49. The number of aliphatic hydroxyl groups is 1. The van der Waals surface area contributed by atoms with Crippen LogP contribution in [0.3, 0.4) is 0 Å². The van der Waals surface area contributed by atoms with Crippen LogP contribution in [0.25, 0.3) is 0 Å². The summed E-state index contributed by atoms with van der Waals surface area (Å²) in [5, 5.41) is 9.63. The Kier molecular flexibility index (Phi) is 3.31. The molecule has 1 rings (SSSR count). The highest BCUT2D eigenvalue weighted by atomic mass is 16.6. The van der Waals surface area contributed by atoms with Crippen LogP contribution in [0.2, 0.25) is 0 Å². The van der Waals surface area contributed by atoms with E-state index in [1.165, 1.54) is 0 Å². The van der Waals surface area contributed by atoms with Crippen LogP contribution in [0.15, 0.2) is 0 Å². The van der Waals surface area contributed by atoms with Gasteiger partial charge < -0.3 is 9.84 Å². The number of ether oxygens (including phenoxy) is 1. The van der Waals surface area contributed by atoms with Gasteiger partial charge in [0.25, 0.3) is 0 Å². The molecule has 0 saturated carbocycles. The first-order chi connectivity index (χ1) is 6.06. The van der Waals surface area contributed by atoms with E-state index >= 15 is 0 Å². The molecule has 13 heavy (non-hydrogen) atoms. The molecule has 3 nitrogen and oxygen atoms in total. The van der Waals surface area contributed by atoms with Gasteiger partial charge in [0.05, 0.1) is 5.92 Å². The summed E-state index contributed by atoms with van der Waals surface area (Å²) in [4.78, 5) is 11.3. The highest BCUT2D eigenvalue weighted by Crippen LogP contribution is 2.28. The third-order valence-corrected chi connectivity index (χ3v) is 2.85. The third kappa shape index (κ3) is 2.21. The van der Waals surface area contributed by atoms with Gasteiger partial charge in [-0.1, -0.05) is 20.3 Å². The van der Waals surface area contributed by atoms with E-state index in [4.69, 9.17) is 4.74 Å². The number of hydrogen-bond donors (Lipinski definition) is 1. The van der Waals surface area contributed by atoms with Crippen molar-refractivity contribution in [3.63, 3.8) is 0 Å². The zero-order valence-corrected chi connectivity index (χ0v) is 8.49. The van der Waals surface area contributed by atoms with Crippen molar-refractivity contribution >= 4 is 5.97 Å². The number of cyclic esters (lactones) is 1. The molecule has 1 fully saturated rings. The molecule has 76 valence electrons. The Morgan fingerprint density at radius 3 is 2.62 bits per heavy atom. The minimum Gasteiger partial charge on any atom is -0.460 e. The van der Waals surface area contributed by atoms with E-state index in [2.05, 4.69) is 13.8 Å². The molecule has 1 N–H and O–H groups in total. The number of carbonyl (C=O) groups excluding carboxylic acids is 1. The fraction of sp³-hybridized carbons (Fsp3) is 0.900. The van der Waals surface area contributed by atoms with Gasteiger partial charge in [-0.2, -0.15) is 0 Å². The molecule has 0 unspecified atom stereocenters. The van der Waals surface area contributed by atoms with Crippen molar-refractivity contribution in [1.29, 1.82) is 0 Å². The quantitative estimate of drug-likeness (QED) is 0.677. The van der Waals surface area contributed by atoms with Crippen LogP contribution in [-0.2, 0) is 9.53 Å².